The Labute approximate surface area is 111 Å². The number of fused-ring (bicyclic) bond motifs is 1. The number of carbonyl (C=O) groups excluding carboxylic acids is 1. The summed E-state index contributed by atoms with van der Waals surface area (Å²) in [4.78, 5) is 14.7. The monoisotopic (exact) mass is 253 g/mol. The van der Waals surface area contributed by atoms with Crippen molar-refractivity contribution in [2.24, 2.45) is 17.8 Å². The molecule has 2 saturated carbocycles. The maximum Gasteiger partial charge on any atom is 0.226 e. The van der Waals surface area contributed by atoms with Gasteiger partial charge in [-0.15, -0.1) is 0 Å². The molecule has 2 fully saturated rings. The molecule has 0 bridgehead atoms. The quantitative estimate of drug-likeness (QED) is 0.698. The van der Waals surface area contributed by atoms with Crippen LogP contribution in [0.3, 0.4) is 0 Å². The summed E-state index contributed by atoms with van der Waals surface area (Å²) in [6.07, 6.45) is 5.77. The van der Waals surface area contributed by atoms with Crippen molar-refractivity contribution in [1.82, 2.24) is 4.90 Å². The second kappa shape index (κ2) is 6.05. The molecule has 0 N–H and O–H groups in total. The molecule has 0 saturated heterocycles. The highest BCUT2D eigenvalue weighted by molar-refractivity contribution is 5.79. The molecule has 2 unspecified atom stereocenters. The predicted octanol–water partition coefficient (Wildman–Crippen LogP) is 2.70. The molecular formula is C15H27NO2. The Bertz CT molecular complexity index is 278. The topological polar surface area (TPSA) is 29.5 Å². The highest BCUT2D eigenvalue weighted by Crippen LogP contribution is 2.54. The van der Waals surface area contributed by atoms with Gasteiger partial charge < -0.3 is 9.64 Å². The van der Waals surface area contributed by atoms with Gasteiger partial charge in [0.25, 0.3) is 0 Å². The van der Waals surface area contributed by atoms with Crippen LogP contribution in [0.4, 0.5) is 0 Å². The van der Waals surface area contributed by atoms with Crippen molar-refractivity contribution in [1.29, 1.82) is 0 Å². The van der Waals surface area contributed by atoms with Crippen LogP contribution in [0, 0.1) is 17.8 Å². The van der Waals surface area contributed by atoms with Crippen LogP contribution in [0.1, 0.15) is 46.0 Å². The molecule has 2 rings (SSSR count). The van der Waals surface area contributed by atoms with Crippen molar-refractivity contribution in [3.05, 3.63) is 0 Å². The molecule has 0 spiro atoms. The maximum absolute atomic E-state index is 12.6. The van der Waals surface area contributed by atoms with Crippen LogP contribution < -0.4 is 0 Å². The van der Waals surface area contributed by atoms with Crippen LogP contribution in [0.5, 0.6) is 0 Å². The minimum absolute atomic E-state index is 0.311. The minimum atomic E-state index is 0.311. The first-order valence-electron chi connectivity index (χ1n) is 7.50. The molecule has 0 radical (unpaired) electrons. The summed E-state index contributed by atoms with van der Waals surface area (Å²) in [7, 11) is 1.71. The Morgan fingerprint density at radius 1 is 1.22 bits per heavy atom. The molecule has 2 aliphatic rings. The van der Waals surface area contributed by atoms with Crippen LogP contribution in [-0.4, -0.2) is 37.1 Å². The number of ether oxygens (including phenoxy) is 1. The fraction of sp³-hybridized carbons (Fsp3) is 0.933. The number of rotatable bonds is 7. The number of hydrogen-bond donors (Lipinski definition) is 0. The van der Waals surface area contributed by atoms with E-state index in [2.05, 4.69) is 18.7 Å². The van der Waals surface area contributed by atoms with E-state index in [0.29, 0.717) is 24.5 Å². The lowest BCUT2D eigenvalue weighted by Gasteiger charge is -2.33. The van der Waals surface area contributed by atoms with E-state index in [-0.39, 0.29) is 0 Å². The van der Waals surface area contributed by atoms with Crippen LogP contribution in [0.15, 0.2) is 0 Å². The zero-order valence-electron chi connectivity index (χ0n) is 12.0. The molecule has 0 aliphatic heterocycles. The molecule has 0 aromatic rings. The van der Waals surface area contributed by atoms with E-state index in [0.717, 1.165) is 44.1 Å². The van der Waals surface area contributed by atoms with Gasteiger partial charge in [0.1, 0.15) is 0 Å². The second-order valence-corrected chi connectivity index (χ2v) is 5.92. The first-order chi connectivity index (χ1) is 8.71. The van der Waals surface area contributed by atoms with Crippen molar-refractivity contribution in [3.8, 4) is 0 Å². The van der Waals surface area contributed by atoms with Gasteiger partial charge in [-0.1, -0.05) is 13.8 Å². The molecule has 104 valence electrons. The van der Waals surface area contributed by atoms with Gasteiger partial charge in [0.2, 0.25) is 5.91 Å². The van der Waals surface area contributed by atoms with Crippen LogP contribution in [0.2, 0.25) is 0 Å². The number of nitrogens with zero attached hydrogens (tertiary/aromatic N) is 1. The smallest absolute Gasteiger partial charge is 0.226 e. The fourth-order valence-electron chi connectivity index (χ4n) is 3.54. The lowest BCUT2D eigenvalue weighted by atomic mass is 9.99. The van der Waals surface area contributed by atoms with Gasteiger partial charge in [-0.05, 0) is 43.9 Å². The molecule has 18 heavy (non-hydrogen) atoms. The van der Waals surface area contributed by atoms with Crippen molar-refractivity contribution >= 4 is 5.91 Å². The Hall–Kier alpha value is -0.570. The Morgan fingerprint density at radius 2 is 1.83 bits per heavy atom. The number of carbonyl (C=O) groups is 1. The highest BCUT2D eigenvalue weighted by Gasteiger charge is 2.49. The lowest BCUT2D eigenvalue weighted by molar-refractivity contribution is -0.139. The molecule has 3 heteroatoms. The Kier molecular flexibility index (Phi) is 4.66. The summed E-state index contributed by atoms with van der Waals surface area (Å²) >= 11 is 0. The Balaban J connectivity index is 1.95. The van der Waals surface area contributed by atoms with E-state index >= 15 is 0 Å². The van der Waals surface area contributed by atoms with Crippen molar-refractivity contribution in [2.45, 2.75) is 52.0 Å². The maximum atomic E-state index is 12.6. The van der Waals surface area contributed by atoms with Crippen LogP contribution in [0.25, 0.3) is 0 Å². The zero-order valence-corrected chi connectivity index (χ0v) is 12.0. The SMILES string of the molecule is CCC(CC)N(CCOC)C(=O)C1CC2CC2C1. The number of methoxy groups -OCH3 is 1. The summed E-state index contributed by atoms with van der Waals surface area (Å²) < 4.78 is 5.16. The first-order valence-corrected chi connectivity index (χ1v) is 7.50. The Morgan fingerprint density at radius 3 is 2.33 bits per heavy atom. The highest BCUT2D eigenvalue weighted by atomic mass is 16.5. The van der Waals surface area contributed by atoms with Crippen LogP contribution >= 0.6 is 0 Å². The van der Waals surface area contributed by atoms with Crippen molar-refractivity contribution < 1.29 is 9.53 Å². The summed E-state index contributed by atoms with van der Waals surface area (Å²) in [5.41, 5.74) is 0. The molecule has 2 aliphatic carbocycles. The van der Waals surface area contributed by atoms with E-state index in [9.17, 15) is 4.79 Å². The van der Waals surface area contributed by atoms with Gasteiger partial charge >= 0.3 is 0 Å². The summed E-state index contributed by atoms with van der Waals surface area (Å²) in [5, 5.41) is 0. The van der Waals surface area contributed by atoms with E-state index < -0.39 is 0 Å². The third-order valence-corrected chi connectivity index (χ3v) is 4.80. The zero-order chi connectivity index (χ0) is 13.1. The first kappa shape index (κ1) is 13.9. The number of amides is 1. The van der Waals surface area contributed by atoms with E-state index in [1.807, 2.05) is 0 Å². The van der Waals surface area contributed by atoms with Gasteiger partial charge in [0, 0.05) is 25.6 Å². The van der Waals surface area contributed by atoms with Gasteiger partial charge in [0.05, 0.1) is 6.61 Å². The van der Waals surface area contributed by atoms with Gasteiger partial charge in [0.15, 0.2) is 0 Å². The molecule has 3 nitrogen and oxygen atoms in total. The van der Waals surface area contributed by atoms with Crippen molar-refractivity contribution in [2.75, 3.05) is 20.3 Å². The summed E-state index contributed by atoms with van der Waals surface area (Å²) in [6.45, 7) is 5.76. The second-order valence-electron chi connectivity index (χ2n) is 5.92. The third kappa shape index (κ3) is 2.87. The standard InChI is InChI=1S/C15H27NO2/c1-4-14(5-2)16(6-7-18-3)15(17)13-9-11-8-12(11)10-13/h11-14H,4-10H2,1-3H3. The van der Waals surface area contributed by atoms with Crippen molar-refractivity contribution in [3.63, 3.8) is 0 Å². The largest absolute Gasteiger partial charge is 0.383 e. The molecule has 2 atom stereocenters. The lowest BCUT2D eigenvalue weighted by Crippen LogP contribution is -2.44. The molecule has 0 heterocycles. The fourth-order valence-corrected chi connectivity index (χ4v) is 3.54. The van der Waals surface area contributed by atoms with Gasteiger partial charge in [-0.3, -0.25) is 4.79 Å². The van der Waals surface area contributed by atoms with Gasteiger partial charge in [-0.25, -0.2) is 0 Å². The summed E-state index contributed by atoms with van der Waals surface area (Å²) in [5.74, 6) is 2.47. The third-order valence-electron chi connectivity index (χ3n) is 4.80. The average Bonchev–Trinajstić information content (AvgIpc) is 3.00. The molecule has 1 amide bonds. The minimum Gasteiger partial charge on any atom is -0.383 e. The van der Waals surface area contributed by atoms with E-state index in [1.54, 1.807) is 7.11 Å². The molecular weight excluding hydrogens is 226 g/mol. The predicted molar refractivity (Wildman–Crippen MR) is 72.3 cm³/mol. The average molecular weight is 253 g/mol. The van der Waals surface area contributed by atoms with E-state index in [4.69, 9.17) is 4.74 Å². The number of hydrogen-bond acceptors (Lipinski definition) is 2. The summed E-state index contributed by atoms with van der Waals surface area (Å²) in [6, 6.07) is 0.393. The molecule has 0 aromatic carbocycles. The normalized spacial score (nSPS) is 29.4. The van der Waals surface area contributed by atoms with Crippen LogP contribution in [-0.2, 0) is 9.53 Å². The van der Waals surface area contributed by atoms with Gasteiger partial charge in [-0.2, -0.15) is 0 Å². The van der Waals surface area contributed by atoms with E-state index in [1.165, 1.54) is 6.42 Å². The molecule has 0 aromatic heterocycles.